The van der Waals surface area contributed by atoms with E-state index >= 15 is 0 Å². The molecule has 0 amide bonds. The average Bonchev–Trinajstić information content (AvgIpc) is 2.16. The summed E-state index contributed by atoms with van der Waals surface area (Å²) in [5.74, 6) is 0.599. The van der Waals surface area contributed by atoms with Gasteiger partial charge in [-0.15, -0.1) is 0 Å². The van der Waals surface area contributed by atoms with E-state index < -0.39 is 12.3 Å². The lowest BCUT2D eigenvalue weighted by molar-refractivity contribution is 0.0297. The Morgan fingerprint density at radius 2 is 2.40 bits per heavy atom. The topological polar surface area (TPSA) is 35.2 Å². The van der Waals surface area contributed by atoms with E-state index in [1.165, 1.54) is 0 Å². The van der Waals surface area contributed by atoms with E-state index in [2.05, 4.69) is 0 Å². The van der Waals surface area contributed by atoms with Gasteiger partial charge in [-0.2, -0.15) is 0 Å². The van der Waals surface area contributed by atoms with Gasteiger partial charge in [0.25, 0.3) is 0 Å². The summed E-state index contributed by atoms with van der Waals surface area (Å²) in [6.07, 6.45) is 0.484. The van der Waals surface area contributed by atoms with Crippen LogP contribution in [0.3, 0.4) is 0 Å². The largest absolute Gasteiger partial charge is 0.484 e. The molecule has 0 saturated carbocycles. The second kappa shape index (κ2) is 3.65. The van der Waals surface area contributed by atoms with Gasteiger partial charge in [0.1, 0.15) is 18.0 Å². The summed E-state index contributed by atoms with van der Waals surface area (Å²) >= 11 is 5.85. The summed E-state index contributed by atoms with van der Waals surface area (Å²) < 4.78 is 18.4. The Hall–Kier alpha value is -0.800. The normalized spacial score (nSPS) is 29.5. The van der Waals surface area contributed by atoms with Crippen LogP contribution in [0.15, 0.2) is 18.2 Å². The zero-order valence-corrected chi connectivity index (χ0v) is 9.22. The van der Waals surface area contributed by atoms with E-state index in [1.807, 2.05) is 6.07 Å². The second-order valence-electron chi connectivity index (χ2n) is 4.18. The molecule has 1 aliphatic rings. The number of hydrogen-bond acceptors (Lipinski definition) is 2. The molecular weight excluding hydrogens is 217 g/mol. The molecule has 1 aromatic carbocycles. The first-order chi connectivity index (χ1) is 7.04. The minimum Gasteiger partial charge on any atom is -0.484 e. The van der Waals surface area contributed by atoms with Gasteiger partial charge in [-0.1, -0.05) is 17.7 Å². The minimum atomic E-state index is -0.822. The van der Waals surface area contributed by atoms with E-state index in [9.17, 15) is 4.39 Å². The van der Waals surface area contributed by atoms with Crippen LogP contribution in [0.5, 0.6) is 5.75 Å². The summed E-state index contributed by atoms with van der Waals surface area (Å²) in [7, 11) is 0. The number of benzene rings is 1. The molecule has 0 unspecified atom stereocenters. The standard InChI is InChI=1S/C11H13ClFNO/c1-11(6-13)5-9(14)8-3-2-7(12)4-10(8)15-11/h2-4,9H,5-6,14H2,1H3/t9-,11+/m1/s1. The summed E-state index contributed by atoms with van der Waals surface area (Å²) in [6, 6.07) is 5.10. The highest BCUT2D eigenvalue weighted by Gasteiger charge is 2.35. The third-order valence-corrected chi connectivity index (χ3v) is 2.90. The fraction of sp³-hybridized carbons (Fsp3) is 0.455. The molecule has 4 heteroatoms. The van der Waals surface area contributed by atoms with Crippen molar-refractivity contribution in [3.63, 3.8) is 0 Å². The number of rotatable bonds is 1. The quantitative estimate of drug-likeness (QED) is 0.804. The van der Waals surface area contributed by atoms with Crippen LogP contribution in [0.4, 0.5) is 4.39 Å². The second-order valence-corrected chi connectivity index (χ2v) is 4.61. The van der Waals surface area contributed by atoms with Crippen molar-refractivity contribution in [3.8, 4) is 5.75 Å². The van der Waals surface area contributed by atoms with Crippen LogP contribution in [0.1, 0.15) is 24.9 Å². The first-order valence-electron chi connectivity index (χ1n) is 4.84. The van der Waals surface area contributed by atoms with Crippen molar-refractivity contribution < 1.29 is 9.13 Å². The van der Waals surface area contributed by atoms with Gasteiger partial charge in [0, 0.05) is 23.0 Å². The van der Waals surface area contributed by atoms with Crippen molar-refractivity contribution in [1.82, 2.24) is 0 Å². The molecule has 0 fully saturated rings. The number of nitrogens with two attached hydrogens (primary N) is 1. The van der Waals surface area contributed by atoms with Crippen LogP contribution in [-0.4, -0.2) is 12.3 Å². The Morgan fingerprint density at radius 1 is 1.67 bits per heavy atom. The smallest absolute Gasteiger partial charge is 0.136 e. The van der Waals surface area contributed by atoms with E-state index in [1.54, 1.807) is 19.1 Å². The van der Waals surface area contributed by atoms with Crippen molar-refractivity contribution in [2.45, 2.75) is 25.0 Å². The number of halogens is 2. The van der Waals surface area contributed by atoms with E-state index in [0.29, 0.717) is 17.2 Å². The molecule has 2 atom stereocenters. The highest BCUT2D eigenvalue weighted by molar-refractivity contribution is 6.30. The Bertz CT molecular complexity index is 385. The molecule has 0 radical (unpaired) electrons. The highest BCUT2D eigenvalue weighted by atomic mass is 35.5. The van der Waals surface area contributed by atoms with Gasteiger partial charge in [0.2, 0.25) is 0 Å². The van der Waals surface area contributed by atoms with Gasteiger partial charge in [0.15, 0.2) is 0 Å². The SMILES string of the molecule is C[C@@]1(CF)C[C@@H](N)c2ccc(Cl)cc2O1. The number of fused-ring (bicyclic) bond motifs is 1. The van der Waals surface area contributed by atoms with Crippen LogP contribution in [-0.2, 0) is 0 Å². The Kier molecular flexibility index (Phi) is 2.61. The first kappa shape index (κ1) is 10.7. The Balaban J connectivity index is 2.41. The molecular formula is C11H13ClFNO. The van der Waals surface area contributed by atoms with Crippen molar-refractivity contribution in [3.05, 3.63) is 28.8 Å². The lowest BCUT2D eigenvalue weighted by Gasteiger charge is -2.36. The molecule has 1 aromatic rings. The summed E-state index contributed by atoms with van der Waals surface area (Å²) in [4.78, 5) is 0. The monoisotopic (exact) mass is 229 g/mol. The minimum absolute atomic E-state index is 0.188. The summed E-state index contributed by atoms with van der Waals surface area (Å²) in [5.41, 5.74) is 6.03. The third-order valence-electron chi connectivity index (χ3n) is 2.67. The van der Waals surface area contributed by atoms with Crippen molar-refractivity contribution >= 4 is 11.6 Å². The maximum atomic E-state index is 12.8. The molecule has 82 valence electrons. The van der Waals surface area contributed by atoms with E-state index in [4.69, 9.17) is 22.1 Å². The predicted molar refractivity (Wildman–Crippen MR) is 58.0 cm³/mol. The van der Waals surface area contributed by atoms with Crippen molar-refractivity contribution in [1.29, 1.82) is 0 Å². The summed E-state index contributed by atoms with van der Waals surface area (Å²) in [5, 5.41) is 0.573. The molecule has 1 aliphatic heterocycles. The van der Waals surface area contributed by atoms with E-state index in [0.717, 1.165) is 5.56 Å². The average molecular weight is 230 g/mol. The summed E-state index contributed by atoms with van der Waals surface area (Å²) in [6.45, 7) is 1.17. The molecule has 2 rings (SSSR count). The zero-order chi connectivity index (χ0) is 11.1. The van der Waals surface area contributed by atoms with Gasteiger partial charge in [-0.3, -0.25) is 0 Å². The molecule has 0 saturated heterocycles. The highest BCUT2D eigenvalue weighted by Crippen LogP contribution is 2.39. The van der Waals surface area contributed by atoms with Crippen molar-refractivity contribution in [2.75, 3.05) is 6.67 Å². The maximum Gasteiger partial charge on any atom is 0.136 e. The fourth-order valence-electron chi connectivity index (χ4n) is 1.87. The maximum absolute atomic E-state index is 12.8. The molecule has 0 spiro atoms. The lowest BCUT2D eigenvalue weighted by atomic mass is 9.90. The number of alkyl halides is 1. The Morgan fingerprint density at radius 3 is 3.07 bits per heavy atom. The van der Waals surface area contributed by atoms with E-state index in [-0.39, 0.29) is 6.04 Å². The van der Waals surface area contributed by atoms with Gasteiger partial charge in [0.05, 0.1) is 0 Å². The predicted octanol–water partition coefficient (Wildman–Crippen LogP) is 2.85. The zero-order valence-electron chi connectivity index (χ0n) is 8.47. The van der Waals surface area contributed by atoms with Gasteiger partial charge in [-0.05, 0) is 19.1 Å². The van der Waals surface area contributed by atoms with Gasteiger partial charge >= 0.3 is 0 Å². The third kappa shape index (κ3) is 1.94. The molecule has 2 N–H and O–H groups in total. The molecule has 1 heterocycles. The molecule has 15 heavy (non-hydrogen) atoms. The van der Waals surface area contributed by atoms with Gasteiger partial charge in [-0.25, -0.2) is 4.39 Å². The molecule has 0 aliphatic carbocycles. The van der Waals surface area contributed by atoms with Crippen LogP contribution in [0.2, 0.25) is 5.02 Å². The van der Waals surface area contributed by atoms with Crippen LogP contribution in [0, 0.1) is 0 Å². The fourth-order valence-corrected chi connectivity index (χ4v) is 2.03. The number of hydrogen-bond donors (Lipinski definition) is 1. The molecule has 2 nitrogen and oxygen atoms in total. The Labute approximate surface area is 93.2 Å². The van der Waals surface area contributed by atoms with Crippen LogP contribution < -0.4 is 10.5 Å². The lowest BCUT2D eigenvalue weighted by Crippen LogP contribution is -2.42. The molecule has 0 bridgehead atoms. The van der Waals surface area contributed by atoms with Crippen molar-refractivity contribution in [2.24, 2.45) is 5.73 Å². The number of ether oxygens (including phenoxy) is 1. The van der Waals surface area contributed by atoms with Gasteiger partial charge < -0.3 is 10.5 Å². The first-order valence-corrected chi connectivity index (χ1v) is 5.22. The van der Waals surface area contributed by atoms with Crippen LogP contribution in [0.25, 0.3) is 0 Å². The van der Waals surface area contributed by atoms with Crippen LogP contribution >= 0.6 is 11.6 Å². The molecule has 0 aromatic heterocycles.